The van der Waals surface area contributed by atoms with Gasteiger partial charge in [0.15, 0.2) is 0 Å². The van der Waals surface area contributed by atoms with Gasteiger partial charge in [-0.05, 0) is 34.0 Å². The van der Waals surface area contributed by atoms with Crippen molar-refractivity contribution in [3.05, 3.63) is 11.8 Å². The molecule has 0 aromatic carbocycles. The molecule has 0 saturated carbocycles. The molecule has 1 heterocycles. The van der Waals surface area contributed by atoms with E-state index < -0.39 is 0 Å². The topological polar surface area (TPSA) is 78.2 Å². The van der Waals surface area contributed by atoms with E-state index in [2.05, 4.69) is 15.1 Å². The Morgan fingerprint density at radius 3 is 2.65 bits per heavy atom. The third kappa shape index (κ3) is 3.74. The van der Waals surface area contributed by atoms with Gasteiger partial charge >= 0.3 is 0 Å². The summed E-state index contributed by atoms with van der Waals surface area (Å²) in [5.41, 5.74) is 6.09. The molecule has 0 unspecified atom stereocenters. The van der Waals surface area contributed by atoms with E-state index in [1.807, 2.05) is 21.0 Å². The van der Waals surface area contributed by atoms with Crippen molar-refractivity contribution in [1.29, 1.82) is 0 Å². The quantitative estimate of drug-likeness (QED) is 0.753. The fraction of sp³-hybridized carbons (Fsp3) is 0.636. The third-order valence-electron chi connectivity index (χ3n) is 2.60. The van der Waals surface area contributed by atoms with E-state index in [1.54, 1.807) is 4.90 Å². The highest BCUT2D eigenvalue weighted by Crippen LogP contribution is 2.10. The number of nitrogens with two attached hydrogens (primary N) is 1. The summed E-state index contributed by atoms with van der Waals surface area (Å²) in [4.78, 5) is 16.0. The second-order valence-electron chi connectivity index (χ2n) is 4.24. The molecule has 0 aliphatic heterocycles. The van der Waals surface area contributed by atoms with Crippen LogP contribution in [0.5, 0.6) is 0 Å². The Balaban J connectivity index is 2.56. The van der Waals surface area contributed by atoms with Crippen LogP contribution in [0.2, 0.25) is 0 Å². The summed E-state index contributed by atoms with van der Waals surface area (Å²) in [7, 11) is 4.04. The number of nitrogens with zero attached hydrogens (tertiary/aromatic N) is 3. The summed E-state index contributed by atoms with van der Waals surface area (Å²) in [6.45, 7) is 4.34. The minimum Gasteiger partial charge on any atom is -0.383 e. The molecule has 0 atom stereocenters. The van der Waals surface area contributed by atoms with Crippen LogP contribution in [0.25, 0.3) is 0 Å². The van der Waals surface area contributed by atoms with E-state index in [0.29, 0.717) is 17.9 Å². The molecule has 0 spiro atoms. The molecule has 6 heteroatoms. The van der Waals surface area contributed by atoms with Crippen molar-refractivity contribution >= 4 is 11.7 Å². The number of rotatable bonds is 6. The highest BCUT2D eigenvalue weighted by molar-refractivity contribution is 5.98. The van der Waals surface area contributed by atoms with Crippen LogP contribution in [-0.2, 0) is 0 Å². The average molecular weight is 239 g/mol. The molecule has 0 bridgehead atoms. The van der Waals surface area contributed by atoms with Crippen molar-refractivity contribution < 1.29 is 4.79 Å². The van der Waals surface area contributed by atoms with E-state index in [0.717, 1.165) is 19.5 Å². The van der Waals surface area contributed by atoms with Gasteiger partial charge < -0.3 is 15.5 Å². The summed E-state index contributed by atoms with van der Waals surface area (Å²) in [6.07, 6.45) is 2.43. The van der Waals surface area contributed by atoms with Gasteiger partial charge in [0.25, 0.3) is 5.91 Å². The summed E-state index contributed by atoms with van der Waals surface area (Å²) in [5, 5.41) is 6.34. The first-order valence-electron chi connectivity index (χ1n) is 5.79. The summed E-state index contributed by atoms with van der Waals surface area (Å²) >= 11 is 0. The molecule has 1 aromatic heterocycles. The molecular formula is C11H21N5O. The maximum absolute atomic E-state index is 12.1. The number of aromatic amines is 1. The van der Waals surface area contributed by atoms with Crippen molar-refractivity contribution in [3.63, 3.8) is 0 Å². The Labute approximate surface area is 102 Å². The molecule has 0 fully saturated rings. The lowest BCUT2D eigenvalue weighted by atomic mass is 10.2. The summed E-state index contributed by atoms with van der Waals surface area (Å²) < 4.78 is 0. The number of hydrogen-bond donors (Lipinski definition) is 2. The monoisotopic (exact) mass is 239 g/mol. The molecule has 0 aliphatic carbocycles. The van der Waals surface area contributed by atoms with Gasteiger partial charge in [-0.2, -0.15) is 5.10 Å². The molecule has 3 N–H and O–H groups in total. The minimum atomic E-state index is -0.0579. The van der Waals surface area contributed by atoms with E-state index >= 15 is 0 Å². The number of nitrogens with one attached hydrogen (secondary N) is 1. The zero-order chi connectivity index (χ0) is 12.8. The van der Waals surface area contributed by atoms with Crippen molar-refractivity contribution in [1.82, 2.24) is 20.0 Å². The number of aromatic nitrogens is 2. The fourth-order valence-electron chi connectivity index (χ4n) is 1.62. The van der Waals surface area contributed by atoms with Crippen LogP contribution in [0.1, 0.15) is 23.7 Å². The number of carbonyl (C=O) groups excluding carboxylic acids is 1. The largest absolute Gasteiger partial charge is 0.383 e. The van der Waals surface area contributed by atoms with E-state index in [4.69, 9.17) is 5.73 Å². The van der Waals surface area contributed by atoms with Crippen LogP contribution in [0.4, 0.5) is 5.82 Å². The van der Waals surface area contributed by atoms with Gasteiger partial charge in [-0.15, -0.1) is 0 Å². The van der Waals surface area contributed by atoms with Crippen LogP contribution < -0.4 is 5.73 Å². The molecule has 1 amide bonds. The average Bonchev–Trinajstić information content (AvgIpc) is 2.69. The van der Waals surface area contributed by atoms with Crippen molar-refractivity contribution in [3.8, 4) is 0 Å². The normalized spacial score (nSPS) is 10.8. The maximum atomic E-state index is 12.1. The van der Waals surface area contributed by atoms with Crippen LogP contribution in [0.15, 0.2) is 6.20 Å². The predicted molar refractivity (Wildman–Crippen MR) is 67.7 cm³/mol. The number of hydrogen-bond acceptors (Lipinski definition) is 4. The standard InChI is InChI=1S/C11H21N5O/c1-4-16(7-5-6-15(2)3)11(17)9-8-13-14-10(9)12/h8H,4-7H2,1-3H3,(H3,12,13,14). The Morgan fingerprint density at radius 1 is 1.47 bits per heavy atom. The van der Waals surface area contributed by atoms with Crippen LogP contribution in [0.3, 0.4) is 0 Å². The molecule has 0 radical (unpaired) electrons. The third-order valence-corrected chi connectivity index (χ3v) is 2.60. The van der Waals surface area contributed by atoms with Crippen molar-refractivity contribution in [2.45, 2.75) is 13.3 Å². The molecule has 0 aliphatic rings. The van der Waals surface area contributed by atoms with Crippen molar-refractivity contribution in [2.75, 3.05) is 39.5 Å². The second kappa shape index (κ2) is 6.24. The Hall–Kier alpha value is -1.56. The van der Waals surface area contributed by atoms with Gasteiger partial charge in [-0.3, -0.25) is 9.89 Å². The van der Waals surface area contributed by atoms with Gasteiger partial charge in [0.05, 0.1) is 6.20 Å². The fourth-order valence-corrected chi connectivity index (χ4v) is 1.62. The molecule has 96 valence electrons. The zero-order valence-electron chi connectivity index (χ0n) is 10.7. The maximum Gasteiger partial charge on any atom is 0.259 e. The van der Waals surface area contributed by atoms with E-state index in [-0.39, 0.29) is 5.91 Å². The first-order valence-corrected chi connectivity index (χ1v) is 5.79. The number of carbonyl (C=O) groups is 1. The summed E-state index contributed by atoms with van der Waals surface area (Å²) in [6, 6.07) is 0. The molecule has 0 saturated heterocycles. The minimum absolute atomic E-state index is 0.0579. The first-order chi connectivity index (χ1) is 8.06. The van der Waals surface area contributed by atoms with Gasteiger partial charge in [0.2, 0.25) is 0 Å². The first kappa shape index (κ1) is 13.5. The van der Waals surface area contributed by atoms with Gasteiger partial charge in [0, 0.05) is 13.1 Å². The molecular weight excluding hydrogens is 218 g/mol. The van der Waals surface area contributed by atoms with E-state index in [1.165, 1.54) is 6.20 Å². The Kier molecular flexibility index (Phi) is 4.96. The zero-order valence-corrected chi connectivity index (χ0v) is 10.7. The Morgan fingerprint density at radius 2 is 2.18 bits per heavy atom. The number of H-pyrrole nitrogens is 1. The van der Waals surface area contributed by atoms with Crippen molar-refractivity contribution in [2.24, 2.45) is 0 Å². The van der Waals surface area contributed by atoms with Gasteiger partial charge in [-0.1, -0.05) is 0 Å². The van der Waals surface area contributed by atoms with Gasteiger partial charge in [-0.25, -0.2) is 0 Å². The Bertz CT molecular complexity index is 360. The lowest BCUT2D eigenvalue weighted by Crippen LogP contribution is -2.33. The highest BCUT2D eigenvalue weighted by atomic mass is 16.2. The lowest BCUT2D eigenvalue weighted by Gasteiger charge is -2.21. The smallest absolute Gasteiger partial charge is 0.259 e. The highest BCUT2D eigenvalue weighted by Gasteiger charge is 2.17. The predicted octanol–water partition coefficient (Wildman–Crippen LogP) is 0.406. The van der Waals surface area contributed by atoms with E-state index in [9.17, 15) is 4.79 Å². The number of nitrogen functional groups attached to an aromatic ring is 1. The van der Waals surface area contributed by atoms with Gasteiger partial charge in [0.1, 0.15) is 11.4 Å². The summed E-state index contributed by atoms with van der Waals surface area (Å²) in [5.74, 6) is 0.276. The molecule has 6 nitrogen and oxygen atoms in total. The molecule has 17 heavy (non-hydrogen) atoms. The van der Waals surface area contributed by atoms with Crippen LogP contribution in [0, 0.1) is 0 Å². The SMILES string of the molecule is CCN(CCCN(C)C)C(=O)c1cn[nH]c1N. The van der Waals surface area contributed by atoms with Crippen LogP contribution >= 0.6 is 0 Å². The second-order valence-corrected chi connectivity index (χ2v) is 4.24. The number of anilines is 1. The lowest BCUT2D eigenvalue weighted by molar-refractivity contribution is 0.0760. The molecule has 1 aromatic rings. The van der Waals surface area contributed by atoms with Crippen LogP contribution in [-0.4, -0.2) is 59.6 Å². The molecule has 1 rings (SSSR count). The number of amides is 1.